The average molecular weight is 272 g/mol. The van der Waals surface area contributed by atoms with Crippen molar-refractivity contribution < 1.29 is 14.6 Å². The maximum atomic E-state index is 10.8. The van der Waals surface area contributed by atoms with Gasteiger partial charge < -0.3 is 9.84 Å². The molecular formula is C15H16N2O3. The van der Waals surface area contributed by atoms with Crippen molar-refractivity contribution in [2.75, 3.05) is 7.11 Å². The first-order valence-corrected chi connectivity index (χ1v) is 6.55. The van der Waals surface area contributed by atoms with Gasteiger partial charge in [0.1, 0.15) is 5.69 Å². The van der Waals surface area contributed by atoms with Crippen LogP contribution in [0.2, 0.25) is 0 Å². The van der Waals surface area contributed by atoms with Crippen molar-refractivity contribution in [3.63, 3.8) is 0 Å². The number of benzene rings is 1. The van der Waals surface area contributed by atoms with E-state index in [1.54, 1.807) is 7.11 Å². The first kappa shape index (κ1) is 12.9. The van der Waals surface area contributed by atoms with E-state index in [0.717, 1.165) is 24.8 Å². The molecule has 0 spiro atoms. The van der Waals surface area contributed by atoms with Crippen LogP contribution in [-0.2, 0) is 11.2 Å². The summed E-state index contributed by atoms with van der Waals surface area (Å²) in [6, 6.07) is 9.55. The lowest BCUT2D eigenvalue weighted by Crippen LogP contribution is -2.14. The van der Waals surface area contributed by atoms with Crippen molar-refractivity contribution in [2.45, 2.75) is 24.9 Å². The number of hydrogen-bond donors (Lipinski definition) is 2. The van der Waals surface area contributed by atoms with E-state index in [1.165, 1.54) is 11.6 Å². The second kappa shape index (κ2) is 4.76. The molecule has 0 unspecified atom stereocenters. The van der Waals surface area contributed by atoms with Gasteiger partial charge >= 0.3 is 5.97 Å². The lowest BCUT2D eigenvalue weighted by atomic mass is 10.0. The number of methoxy groups -OCH3 is 1. The number of nitrogens with zero attached hydrogens (tertiary/aromatic N) is 1. The van der Waals surface area contributed by atoms with Gasteiger partial charge in [-0.1, -0.05) is 24.3 Å². The zero-order valence-corrected chi connectivity index (χ0v) is 11.2. The summed E-state index contributed by atoms with van der Waals surface area (Å²) in [5.74, 6) is -1.00. The second-order valence-corrected chi connectivity index (χ2v) is 5.23. The number of carboxylic acid groups (broad SMARTS) is 1. The van der Waals surface area contributed by atoms with Crippen molar-refractivity contribution in [1.29, 1.82) is 0 Å². The molecule has 5 nitrogen and oxygen atoms in total. The quantitative estimate of drug-likeness (QED) is 0.876. The van der Waals surface area contributed by atoms with Crippen molar-refractivity contribution in [2.24, 2.45) is 0 Å². The van der Waals surface area contributed by atoms with Gasteiger partial charge in [-0.05, 0) is 24.5 Å². The summed E-state index contributed by atoms with van der Waals surface area (Å²) in [7, 11) is 1.76. The molecule has 1 aliphatic carbocycles. The van der Waals surface area contributed by atoms with Crippen LogP contribution in [0.25, 0.3) is 11.3 Å². The Kier molecular flexibility index (Phi) is 3.06. The van der Waals surface area contributed by atoms with E-state index in [9.17, 15) is 4.79 Å². The minimum atomic E-state index is -1.00. The molecule has 1 heterocycles. The largest absolute Gasteiger partial charge is 0.477 e. The highest BCUT2D eigenvalue weighted by molar-refractivity contribution is 5.86. The van der Waals surface area contributed by atoms with Gasteiger partial charge in [0.25, 0.3) is 0 Å². The van der Waals surface area contributed by atoms with Crippen LogP contribution in [0.3, 0.4) is 0 Å². The van der Waals surface area contributed by atoms with E-state index in [1.807, 2.05) is 24.3 Å². The molecule has 1 fully saturated rings. The van der Waals surface area contributed by atoms with Crippen LogP contribution in [0.4, 0.5) is 0 Å². The van der Waals surface area contributed by atoms with Crippen molar-refractivity contribution in [1.82, 2.24) is 10.2 Å². The van der Waals surface area contributed by atoms with E-state index >= 15 is 0 Å². The van der Waals surface area contributed by atoms with E-state index in [-0.39, 0.29) is 11.3 Å². The molecule has 1 aliphatic rings. The normalized spacial score (nSPS) is 16.1. The highest BCUT2D eigenvalue weighted by atomic mass is 16.5. The molecule has 3 rings (SSSR count). The van der Waals surface area contributed by atoms with Crippen molar-refractivity contribution in [3.05, 3.63) is 41.6 Å². The van der Waals surface area contributed by atoms with E-state index in [0.29, 0.717) is 5.69 Å². The van der Waals surface area contributed by atoms with Crippen LogP contribution in [0.15, 0.2) is 30.3 Å². The smallest absolute Gasteiger partial charge is 0.353 e. The molecule has 1 aromatic carbocycles. The minimum absolute atomic E-state index is 0.0460. The van der Waals surface area contributed by atoms with Crippen LogP contribution in [0, 0.1) is 0 Å². The summed E-state index contributed by atoms with van der Waals surface area (Å²) in [5.41, 5.74) is 2.91. The molecule has 0 aliphatic heterocycles. The zero-order valence-electron chi connectivity index (χ0n) is 11.2. The Balaban J connectivity index is 1.76. The van der Waals surface area contributed by atoms with E-state index in [4.69, 9.17) is 9.84 Å². The SMILES string of the molecule is COC1(Cc2ccc(-c3cc(C(=O)O)[nH]n3)cc2)CC1. The summed E-state index contributed by atoms with van der Waals surface area (Å²) in [5, 5.41) is 15.4. The molecule has 0 atom stereocenters. The first-order valence-electron chi connectivity index (χ1n) is 6.55. The molecule has 0 bridgehead atoms. The van der Waals surface area contributed by atoms with Gasteiger partial charge in [0.05, 0.1) is 11.3 Å². The van der Waals surface area contributed by atoms with Crippen LogP contribution in [0.1, 0.15) is 28.9 Å². The van der Waals surface area contributed by atoms with Crippen molar-refractivity contribution >= 4 is 5.97 Å². The summed E-state index contributed by atoms with van der Waals surface area (Å²) >= 11 is 0. The Morgan fingerprint density at radius 2 is 2.10 bits per heavy atom. The van der Waals surface area contributed by atoms with Gasteiger partial charge in [-0.3, -0.25) is 5.10 Å². The number of H-pyrrole nitrogens is 1. The standard InChI is InChI=1S/C15H16N2O3/c1-20-15(6-7-15)9-10-2-4-11(5-3-10)12-8-13(14(18)19)17-16-12/h2-5,8H,6-7,9H2,1H3,(H,16,17)(H,18,19). The lowest BCUT2D eigenvalue weighted by molar-refractivity contribution is 0.0690. The number of aromatic carboxylic acids is 1. The Morgan fingerprint density at radius 3 is 2.60 bits per heavy atom. The predicted octanol–water partition coefficient (Wildman–Crippen LogP) is 2.50. The first-order chi connectivity index (χ1) is 9.62. The third-order valence-corrected chi connectivity index (χ3v) is 3.82. The Bertz CT molecular complexity index is 627. The van der Waals surface area contributed by atoms with Gasteiger partial charge in [-0.15, -0.1) is 0 Å². The van der Waals surface area contributed by atoms with Gasteiger partial charge in [-0.25, -0.2) is 4.79 Å². The fraction of sp³-hybridized carbons (Fsp3) is 0.333. The summed E-state index contributed by atoms with van der Waals surface area (Å²) in [6.07, 6.45) is 3.16. The van der Waals surface area contributed by atoms with Gasteiger partial charge in [0, 0.05) is 19.1 Å². The highest BCUT2D eigenvalue weighted by Gasteiger charge is 2.42. The number of aromatic amines is 1. The number of nitrogens with one attached hydrogen (secondary N) is 1. The number of ether oxygens (including phenoxy) is 1. The predicted molar refractivity (Wildman–Crippen MR) is 73.7 cm³/mol. The number of carboxylic acids is 1. The van der Waals surface area contributed by atoms with Crippen molar-refractivity contribution in [3.8, 4) is 11.3 Å². The number of rotatable bonds is 5. The Morgan fingerprint density at radius 1 is 1.40 bits per heavy atom. The molecule has 104 valence electrons. The zero-order chi connectivity index (χ0) is 14.2. The fourth-order valence-electron chi connectivity index (χ4n) is 2.34. The van der Waals surface area contributed by atoms with Gasteiger partial charge in [0.2, 0.25) is 0 Å². The Hall–Kier alpha value is -2.14. The molecule has 1 aromatic heterocycles. The number of hydrogen-bond acceptors (Lipinski definition) is 3. The number of carbonyl (C=O) groups is 1. The third kappa shape index (κ3) is 2.44. The van der Waals surface area contributed by atoms with Gasteiger partial charge in [0.15, 0.2) is 0 Å². The molecule has 2 N–H and O–H groups in total. The minimum Gasteiger partial charge on any atom is -0.477 e. The Labute approximate surface area is 116 Å². The molecular weight excluding hydrogens is 256 g/mol. The molecule has 0 saturated heterocycles. The maximum Gasteiger partial charge on any atom is 0.353 e. The van der Waals surface area contributed by atoms with E-state index in [2.05, 4.69) is 10.2 Å². The molecule has 0 amide bonds. The fourth-order valence-corrected chi connectivity index (χ4v) is 2.34. The summed E-state index contributed by atoms with van der Waals surface area (Å²) in [6.45, 7) is 0. The van der Waals surface area contributed by atoms with Crippen LogP contribution >= 0.6 is 0 Å². The highest BCUT2D eigenvalue weighted by Crippen LogP contribution is 2.41. The van der Waals surface area contributed by atoms with Crippen LogP contribution in [0.5, 0.6) is 0 Å². The summed E-state index contributed by atoms with van der Waals surface area (Å²) < 4.78 is 5.51. The summed E-state index contributed by atoms with van der Waals surface area (Å²) in [4.78, 5) is 10.8. The molecule has 5 heteroatoms. The monoisotopic (exact) mass is 272 g/mol. The topological polar surface area (TPSA) is 75.2 Å². The van der Waals surface area contributed by atoms with Gasteiger partial charge in [-0.2, -0.15) is 5.10 Å². The second-order valence-electron chi connectivity index (χ2n) is 5.23. The van der Waals surface area contributed by atoms with Crippen LogP contribution < -0.4 is 0 Å². The lowest BCUT2D eigenvalue weighted by Gasteiger charge is -2.13. The maximum absolute atomic E-state index is 10.8. The van der Waals surface area contributed by atoms with Crippen LogP contribution in [-0.4, -0.2) is 34.0 Å². The molecule has 0 radical (unpaired) electrons. The molecule has 2 aromatic rings. The molecule has 20 heavy (non-hydrogen) atoms. The average Bonchev–Trinajstić information content (AvgIpc) is 3.04. The molecule has 1 saturated carbocycles. The van der Waals surface area contributed by atoms with E-state index < -0.39 is 5.97 Å². The third-order valence-electron chi connectivity index (χ3n) is 3.82. The number of aromatic nitrogens is 2.